The first-order valence-corrected chi connectivity index (χ1v) is 9.65. The van der Waals surface area contributed by atoms with E-state index in [1.807, 2.05) is 29.2 Å². The minimum absolute atomic E-state index is 0.0774. The lowest BCUT2D eigenvalue weighted by atomic mass is 9.80. The van der Waals surface area contributed by atoms with E-state index < -0.39 is 0 Å². The summed E-state index contributed by atoms with van der Waals surface area (Å²) in [4.78, 5) is 15.0. The number of carbonyl (C=O) groups excluding carboxylic acids is 1. The Labute approximate surface area is 149 Å². The molecule has 1 amide bonds. The zero-order valence-corrected chi connectivity index (χ0v) is 14.7. The third-order valence-electron chi connectivity index (χ3n) is 6.48. The van der Waals surface area contributed by atoms with Crippen molar-refractivity contribution in [1.29, 1.82) is 5.26 Å². The van der Waals surface area contributed by atoms with Crippen molar-refractivity contribution >= 4 is 5.91 Å². The Balaban J connectivity index is 1.50. The van der Waals surface area contributed by atoms with E-state index in [1.165, 1.54) is 0 Å². The lowest BCUT2D eigenvalue weighted by molar-refractivity contribution is 0.0211. The lowest BCUT2D eigenvalue weighted by Crippen LogP contribution is -2.45. The van der Waals surface area contributed by atoms with Gasteiger partial charge in [0, 0.05) is 24.1 Å². The van der Waals surface area contributed by atoms with Crippen LogP contribution in [0.5, 0.6) is 0 Å². The van der Waals surface area contributed by atoms with Gasteiger partial charge in [-0.1, -0.05) is 25.0 Å². The summed E-state index contributed by atoms with van der Waals surface area (Å²) in [6.07, 6.45) is 7.76. The molecular formula is C21H26N2O2. The Bertz CT molecular complexity index is 687. The van der Waals surface area contributed by atoms with Crippen molar-refractivity contribution in [3.05, 3.63) is 35.4 Å². The van der Waals surface area contributed by atoms with Gasteiger partial charge in [0.25, 0.3) is 5.91 Å². The number of nitrogens with zero attached hydrogens (tertiary/aromatic N) is 2. The van der Waals surface area contributed by atoms with Crippen LogP contribution in [-0.2, 0) is 5.41 Å². The van der Waals surface area contributed by atoms with Gasteiger partial charge in [-0.2, -0.15) is 5.26 Å². The molecule has 0 radical (unpaired) electrons. The highest BCUT2D eigenvalue weighted by Crippen LogP contribution is 2.47. The summed E-state index contributed by atoms with van der Waals surface area (Å²) >= 11 is 0. The lowest BCUT2D eigenvalue weighted by Gasteiger charge is -2.37. The summed E-state index contributed by atoms with van der Waals surface area (Å²) < 4.78 is 0. The highest BCUT2D eigenvalue weighted by Gasteiger charge is 2.45. The molecule has 1 saturated heterocycles. The number of likely N-dealkylation sites (tertiary alicyclic amines) is 1. The van der Waals surface area contributed by atoms with E-state index in [0.29, 0.717) is 5.56 Å². The van der Waals surface area contributed by atoms with Crippen molar-refractivity contribution < 1.29 is 9.90 Å². The van der Waals surface area contributed by atoms with E-state index in [1.54, 1.807) is 0 Å². The maximum absolute atomic E-state index is 13.0. The second-order valence-corrected chi connectivity index (χ2v) is 8.00. The molecule has 2 saturated carbocycles. The van der Waals surface area contributed by atoms with Crippen LogP contribution >= 0.6 is 0 Å². The quantitative estimate of drug-likeness (QED) is 0.919. The summed E-state index contributed by atoms with van der Waals surface area (Å²) in [5.41, 5.74) is 1.44. The molecule has 2 aliphatic carbocycles. The Hall–Kier alpha value is -1.86. The molecule has 1 heterocycles. The van der Waals surface area contributed by atoms with Gasteiger partial charge >= 0.3 is 0 Å². The largest absolute Gasteiger partial charge is 0.393 e. The van der Waals surface area contributed by atoms with E-state index in [2.05, 4.69) is 6.07 Å². The normalized spacial score (nSPS) is 30.7. The van der Waals surface area contributed by atoms with Crippen molar-refractivity contribution in [2.24, 2.45) is 5.92 Å². The predicted octanol–water partition coefficient (Wildman–Crippen LogP) is 3.40. The molecular weight excluding hydrogens is 312 g/mol. The molecule has 3 atom stereocenters. The number of aliphatic hydroxyl groups is 1. The highest BCUT2D eigenvalue weighted by molar-refractivity contribution is 5.94. The van der Waals surface area contributed by atoms with Gasteiger partial charge in [-0.15, -0.1) is 0 Å². The highest BCUT2D eigenvalue weighted by atomic mass is 16.3. The van der Waals surface area contributed by atoms with Crippen molar-refractivity contribution in [3.63, 3.8) is 0 Å². The number of nitriles is 1. The second kappa shape index (κ2) is 6.46. The molecule has 1 N–H and O–H groups in total. The van der Waals surface area contributed by atoms with Gasteiger partial charge in [0.1, 0.15) is 0 Å². The van der Waals surface area contributed by atoms with Crippen molar-refractivity contribution in [3.8, 4) is 6.07 Å². The number of rotatable bonds is 3. The smallest absolute Gasteiger partial charge is 0.254 e. The minimum atomic E-state index is -0.302. The first-order chi connectivity index (χ1) is 12.1. The summed E-state index contributed by atoms with van der Waals surface area (Å²) in [6.45, 7) is 0.788. The molecule has 3 fully saturated rings. The fraction of sp³-hybridized carbons (Fsp3) is 0.619. The number of carbonyl (C=O) groups is 1. The molecule has 0 spiro atoms. The van der Waals surface area contributed by atoms with E-state index in [9.17, 15) is 15.2 Å². The summed E-state index contributed by atoms with van der Waals surface area (Å²) in [7, 11) is 0. The Morgan fingerprint density at radius 2 is 1.84 bits per heavy atom. The molecule has 3 aliphatic rings. The van der Waals surface area contributed by atoms with Gasteiger partial charge in [0.05, 0.1) is 17.6 Å². The molecule has 4 nitrogen and oxygen atoms in total. The van der Waals surface area contributed by atoms with Crippen LogP contribution in [0.1, 0.15) is 67.3 Å². The van der Waals surface area contributed by atoms with E-state index in [0.717, 1.165) is 63.5 Å². The topological polar surface area (TPSA) is 64.3 Å². The number of hydrogen-bond donors (Lipinski definition) is 1. The van der Waals surface area contributed by atoms with Gasteiger partial charge in [-0.3, -0.25) is 4.79 Å². The molecule has 4 heteroatoms. The zero-order valence-electron chi connectivity index (χ0n) is 14.7. The number of aliphatic hydroxyl groups excluding tert-OH is 1. The van der Waals surface area contributed by atoms with E-state index in [4.69, 9.17) is 0 Å². The van der Waals surface area contributed by atoms with Gasteiger partial charge in [0.2, 0.25) is 0 Å². The molecule has 0 unspecified atom stereocenters. The van der Waals surface area contributed by atoms with E-state index >= 15 is 0 Å². The van der Waals surface area contributed by atoms with Crippen LogP contribution in [0.2, 0.25) is 0 Å². The van der Waals surface area contributed by atoms with Crippen LogP contribution in [0.25, 0.3) is 0 Å². The van der Waals surface area contributed by atoms with Crippen LogP contribution in [-0.4, -0.2) is 34.6 Å². The first kappa shape index (κ1) is 16.6. The third kappa shape index (κ3) is 2.95. The molecule has 1 aliphatic heterocycles. The summed E-state index contributed by atoms with van der Waals surface area (Å²) in [6, 6.07) is 10.2. The zero-order chi connectivity index (χ0) is 17.4. The SMILES string of the molecule is N#CC1(c2ccc(C(=O)N3CCC[C@@H]3[C@@H]3CCCC[C@@H]3O)cc2)CC1. The summed E-state index contributed by atoms with van der Waals surface area (Å²) in [5.74, 6) is 0.307. The van der Waals surface area contributed by atoms with Gasteiger partial charge in [-0.05, 0) is 56.2 Å². The standard InChI is InChI=1S/C21H26N2O2/c22-14-21(11-12-21)16-9-7-15(8-10-16)20(25)23-13-3-5-18(23)17-4-1-2-6-19(17)24/h7-10,17-19,24H,1-6,11-13H2/t17-,18+,19-/m0/s1. The molecule has 1 aromatic carbocycles. The average molecular weight is 338 g/mol. The average Bonchev–Trinajstić information content (AvgIpc) is 3.31. The van der Waals surface area contributed by atoms with Crippen molar-refractivity contribution in [2.45, 2.75) is 68.9 Å². The van der Waals surface area contributed by atoms with Gasteiger partial charge in [-0.25, -0.2) is 0 Å². The summed E-state index contributed by atoms with van der Waals surface area (Å²) in [5, 5.41) is 19.7. The second-order valence-electron chi connectivity index (χ2n) is 8.00. The van der Waals surface area contributed by atoms with Crippen LogP contribution in [0, 0.1) is 17.2 Å². The van der Waals surface area contributed by atoms with Crippen LogP contribution < -0.4 is 0 Å². The van der Waals surface area contributed by atoms with Crippen LogP contribution in [0.4, 0.5) is 0 Å². The van der Waals surface area contributed by atoms with E-state index in [-0.39, 0.29) is 29.4 Å². The molecule has 1 aromatic rings. The number of benzene rings is 1. The Kier molecular flexibility index (Phi) is 4.29. The maximum Gasteiger partial charge on any atom is 0.254 e. The fourth-order valence-electron chi connectivity index (χ4n) is 4.77. The van der Waals surface area contributed by atoms with Crippen molar-refractivity contribution in [2.75, 3.05) is 6.54 Å². The minimum Gasteiger partial charge on any atom is -0.393 e. The van der Waals surface area contributed by atoms with Gasteiger partial charge < -0.3 is 10.0 Å². The molecule has 0 bridgehead atoms. The number of hydrogen-bond acceptors (Lipinski definition) is 3. The molecule has 0 aromatic heterocycles. The maximum atomic E-state index is 13.0. The molecule has 132 valence electrons. The number of amides is 1. The first-order valence-electron chi connectivity index (χ1n) is 9.65. The Morgan fingerprint density at radius 1 is 1.12 bits per heavy atom. The third-order valence-corrected chi connectivity index (χ3v) is 6.48. The Morgan fingerprint density at radius 3 is 2.48 bits per heavy atom. The monoisotopic (exact) mass is 338 g/mol. The molecule has 25 heavy (non-hydrogen) atoms. The van der Waals surface area contributed by atoms with Crippen LogP contribution in [0.15, 0.2) is 24.3 Å². The van der Waals surface area contributed by atoms with Gasteiger partial charge in [0.15, 0.2) is 0 Å². The fourth-order valence-corrected chi connectivity index (χ4v) is 4.77. The molecule has 4 rings (SSSR count). The van der Waals surface area contributed by atoms with Crippen LogP contribution in [0.3, 0.4) is 0 Å². The van der Waals surface area contributed by atoms with Crippen molar-refractivity contribution in [1.82, 2.24) is 4.90 Å². The predicted molar refractivity (Wildman–Crippen MR) is 95.0 cm³/mol.